The van der Waals surface area contributed by atoms with Gasteiger partial charge < -0.3 is 4.74 Å². The SMILES string of the molecule is CCC(C)(CCC=C(C)C)OC(=O)CC(C)=O. The van der Waals surface area contributed by atoms with E-state index in [4.69, 9.17) is 4.74 Å². The van der Waals surface area contributed by atoms with Crippen LogP contribution in [0.2, 0.25) is 0 Å². The number of hydrogen-bond acceptors (Lipinski definition) is 3. The van der Waals surface area contributed by atoms with Gasteiger partial charge in [0.2, 0.25) is 0 Å². The standard InChI is InChI=1S/C14H24O3/c1-6-14(5,9-7-8-11(2)3)17-13(16)10-12(4)15/h8H,6-7,9-10H2,1-5H3. The van der Waals surface area contributed by atoms with Crippen molar-refractivity contribution in [3.63, 3.8) is 0 Å². The van der Waals surface area contributed by atoms with Crippen LogP contribution in [0.15, 0.2) is 11.6 Å². The minimum Gasteiger partial charge on any atom is -0.459 e. The van der Waals surface area contributed by atoms with Crippen LogP contribution in [0.5, 0.6) is 0 Å². The summed E-state index contributed by atoms with van der Waals surface area (Å²) < 4.78 is 5.39. The van der Waals surface area contributed by atoms with E-state index < -0.39 is 11.6 Å². The third-order valence-corrected chi connectivity index (χ3v) is 2.73. The first-order valence-electron chi connectivity index (χ1n) is 6.13. The van der Waals surface area contributed by atoms with Gasteiger partial charge in [0.1, 0.15) is 17.8 Å². The molecule has 0 aromatic carbocycles. The van der Waals surface area contributed by atoms with Crippen molar-refractivity contribution in [2.24, 2.45) is 0 Å². The van der Waals surface area contributed by atoms with Gasteiger partial charge in [-0.3, -0.25) is 9.59 Å². The first-order chi connectivity index (χ1) is 7.79. The summed E-state index contributed by atoms with van der Waals surface area (Å²) >= 11 is 0. The average molecular weight is 240 g/mol. The summed E-state index contributed by atoms with van der Waals surface area (Å²) in [4.78, 5) is 22.3. The van der Waals surface area contributed by atoms with Gasteiger partial charge in [-0.2, -0.15) is 0 Å². The Morgan fingerprint density at radius 2 is 1.82 bits per heavy atom. The monoisotopic (exact) mass is 240 g/mol. The van der Waals surface area contributed by atoms with Crippen LogP contribution in [0.4, 0.5) is 0 Å². The molecule has 17 heavy (non-hydrogen) atoms. The van der Waals surface area contributed by atoms with Crippen LogP contribution in [0.25, 0.3) is 0 Å². The second-order valence-electron chi connectivity index (χ2n) is 4.98. The highest BCUT2D eigenvalue weighted by molar-refractivity contribution is 5.94. The minimum absolute atomic E-state index is 0.127. The molecule has 0 aliphatic heterocycles. The number of ether oxygens (including phenoxy) is 1. The first-order valence-corrected chi connectivity index (χ1v) is 6.13. The summed E-state index contributed by atoms with van der Waals surface area (Å²) in [5.41, 5.74) is 0.803. The summed E-state index contributed by atoms with van der Waals surface area (Å²) in [6, 6.07) is 0. The maximum absolute atomic E-state index is 11.5. The van der Waals surface area contributed by atoms with Crippen molar-refractivity contribution in [2.75, 3.05) is 0 Å². The Morgan fingerprint density at radius 1 is 1.24 bits per heavy atom. The molecule has 0 fully saturated rings. The lowest BCUT2D eigenvalue weighted by atomic mass is 9.96. The second-order valence-corrected chi connectivity index (χ2v) is 4.98. The van der Waals surface area contributed by atoms with Crippen LogP contribution in [0.3, 0.4) is 0 Å². The molecule has 0 spiro atoms. The topological polar surface area (TPSA) is 43.4 Å². The van der Waals surface area contributed by atoms with Gasteiger partial charge in [0.15, 0.2) is 0 Å². The van der Waals surface area contributed by atoms with Crippen molar-refractivity contribution in [2.45, 2.75) is 65.9 Å². The molecule has 0 aliphatic carbocycles. The molecule has 98 valence electrons. The molecular weight excluding hydrogens is 216 g/mol. The van der Waals surface area contributed by atoms with E-state index in [9.17, 15) is 9.59 Å². The van der Waals surface area contributed by atoms with Gasteiger partial charge in [0.25, 0.3) is 0 Å². The van der Waals surface area contributed by atoms with Gasteiger partial charge in [0, 0.05) is 0 Å². The Hall–Kier alpha value is -1.12. The van der Waals surface area contributed by atoms with Crippen molar-refractivity contribution in [3.8, 4) is 0 Å². The average Bonchev–Trinajstić information content (AvgIpc) is 2.15. The second kappa shape index (κ2) is 7.25. The highest BCUT2D eigenvalue weighted by atomic mass is 16.6. The van der Waals surface area contributed by atoms with Gasteiger partial charge in [-0.25, -0.2) is 0 Å². The highest BCUT2D eigenvalue weighted by Crippen LogP contribution is 2.23. The number of allylic oxidation sites excluding steroid dienone is 2. The molecule has 0 rings (SSSR count). The zero-order chi connectivity index (χ0) is 13.5. The Kier molecular flexibility index (Phi) is 6.78. The summed E-state index contributed by atoms with van der Waals surface area (Å²) in [5, 5.41) is 0. The lowest BCUT2D eigenvalue weighted by Crippen LogP contribution is -2.31. The van der Waals surface area contributed by atoms with Crippen LogP contribution >= 0.6 is 0 Å². The molecule has 3 nitrogen and oxygen atoms in total. The normalized spacial score (nSPS) is 13.7. The quantitative estimate of drug-likeness (QED) is 0.389. The van der Waals surface area contributed by atoms with E-state index in [0.29, 0.717) is 0 Å². The van der Waals surface area contributed by atoms with Crippen molar-refractivity contribution >= 4 is 11.8 Å². The third-order valence-electron chi connectivity index (χ3n) is 2.73. The molecule has 0 aliphatic rings. The number of ketones is 1. The first kappa shape index (κ1) is 15.9. The lowest BCUT2D eigenvalue weighted by Gasteiger charge is -2.28. The summed E-state index contributed by atoms with van der Waals surface area (Å²) in [6.07, 6.45) is 4.44. The summed E-state index contributed by atoms with van der Waals surface area (Å²) in [5.74, 6) is -0.572. The molecule has 0 saturated carbocycles. The van der Waals surface area contributed by atoms with Crippen LogP contribution in [0.1, 0.15) is 60.3 Å². The molecule has 0 aromatic heterocycles. The Labute approximate surface area is 104 Å². The molecule has 0 bridgehead atoms. The van der Waals surface area contributed by atoms with Crippen molar-refractivity contribution in [1.29, 1.82) is 0 Å². The van der Waals surface area contributed by atoms with E-state index in [-0.39, 0.29) is 12.2 Å². The van der Waals surface area contributed by atoms with E-state index in [0.717, 1.165) is 19.3 Å². The molecule has 0 saturated heterocycles. The zero-order valence-electron chi connectivity index (χ0n) is 11.6. The fourth-order valence-electron chi connectivity index (χ4n) is 1.48. The number of carbonyl (C=O) groups excluding carboxylic acids is 2. The van der Waals surface area contributed by atoms with Crippen LogP contribution in [-0.2, 0) is 14.3 Å². The maximum atomic E-state index is 11.5. The molecule has 0 radical (unpaired) electrons. The van der Waals surface area contributed by atoms with Crippen molar-refractivity contribution in [1.82, 2.24) is 0 Å². The highest BCUT2D eigenvalue weighted by Gasteiger charge is 2.26. The fraction of sp³-hybridized carbons (Fsp3) is 0.714. The number of hydrogen-bond donors (Lipinski definition) is 0. The Bertz CT molecular complexity index is 301. The Morgan fingerprint density at radius 3 is 2.24 bits per heavy atom. The van der Waals surface area contributed by atoms with Gasteiger partial charge in [0.05, 0.1) is 0 Å². The van der Waals surface area contributed by atoms with Crippen molar-refractivity contribution < 1.29 is 14.3 Å². The van der Waals surface area contributed by atoms with E-state index in [1.165, 1.54) is 12.5 Å². The Balaban J connectivity index is 4.31. The van der Waals surface area contributed by atoms with Crippen molar-refractivity contribution in [3.05, 3.63) is 11.6 Å². The van der Waals surface area contributed by atoms with Crippen LogP contribution in [0, 0.1) is 0 Å². The molecular formula is C14H24O3. The van der Waals surface area contributed by atoms with E-state index in [2.05, 4.69) is 6.08 Å². The summed E-state index contributed by atoms with van der Waals surface area (Å²) in [6.45, 7) is 9.40. The van der Waals surface area contributed by atoms with Gasteiger partial charge >= 0.3 is 5.97 Å². The third kappa shape index (κ3) is 7.72. The van der Waals surface area contributed by atoms with Gasteiger partial charge in [-0.15, -0.1) is 0 Å². The predicted octanol–water partition coefficient (Wildman–Crippen LogP) is 3.42. The molecule has 0 amide bonds. The fourth-order valence-corrected chi connectivity index (χ4v) is 1.48. The smallest absolute Gasteiger partial charge is 0.313 e. The predicted molar refractivity (Wildman–Crippen MR) is 68.8 cm³/mol. The number of esters is 1. The molecule has 3 heteroatoms. The van der Waals surface area contributed by atoms with E-state index in [1.807, 2.05) is 27.7 Å². The minimum atomic E-state index is -0.460. The van der Waals surface area contributed by atoms with Gasteiger partial charge in [-0.05, 0) is 47.0 Å². The molecule has 1 atom stereocenters. The molecule has 0 heterocycles. The van der Waals surface area contributed by atoms with Crippen LogP contribution in [-0.4, -0.2) is 17.4 Å². The maximum Gasteiger partial charge on any atom is 0.313 e. The molecule has 0 N–H and O–H groups in total. The number of rotatable bonds is 7. The summed E-state index contributed by atoms with van der Waals surface area (Å²) in [7, 11) is 0. The van der Waals surface area contributed by atoms with E-state index in [1.54, 1.807) is 0 Å². The lowest BCUT2D eigenvalue weighted by molar-refractivity contribution is -0.160. The number of carbonyl (C=O) groups is 2. The van der Waals surface area contributed by atoms with Gasteiger partial charge in [-0.1, -0.05) is 18.6 Å². The number of Topliss-reactive ketones (excluding diaryl/α,β-unsaturated/α-hetero) is 1. The zero-order valence-corrected chi connectivity index (χ0v) is 11.6. The van der Waals surface area contributed by atoms with E-state index >= 15 is 0 Å². The molecule has 1 unspecified atom stereocenters. The van der Waals surface area contributed by atoms with Crippen LogP contribution < -0.4 is 0 Å². The largest absolute Gasteiger partial charge is 0.459 e. The molecule has 0 aromatic rings.